The number of carboxylic acid groups (broad SMARTS) is 1. The van der Waals surface area contributed by atoms with Crippen molar-refractivity contribution in [2.45, 2.75) is 0 Å². The van der Waals surface area contributed by atoms with Crippen LogP contribution < -0.4 is 5.32 Å². The Kier molecular flexibility index (Phi) is 4.76. The normalized spacial score (nSPS) is 14.3. The van der Waals surface area contributed by atoms with Crippen LogP contribution in [0.4, 0.5) is 10.1 Å². The number of carbonyl (C=O) groups is 3. The highest BCUT2D eigenvalue weighted by Gasteiger charge is 2.32. The lowest BCUT2D eigenvalue weighted by molar-refractivity contribution is -0.137. The van der Waals surface area contributed by atoms with Gasteiger partial charge in [-0.25, -0.2) is 9.18 Å². The van der Waals surface area contributed by atoms with Gasteiger partial charge in [0.25, 0.3) is 11.8 Å². The van der Waals surface area contributed by atoms with Crippen molar-refractivity contribution in [3.63, 3.8) is 0 Å². The monoisotopic (exact) mass is 420 g/mol. The van der Waals surface area contributed by atoms with Gasteiger partial charge >= 0.3 is 5.97 Å². The van der Waals surface area contributed by atoms with E-state index in [9.17, 15) is 18.8 Å². The van der Waals surface area contributed by atoms with Crippen molar-refractivity contribution in [3.05, 3.63) is 38.9 Å². The van der Waals surface area contributed by atoms with Crippen molar-refractivity contribution in [2.24, 2.45) is 0 Å². The number of imide groups is 1. The number of aromatic carboxylic acids is 1. The van der Waals surface area contributed by atoms with Gasteiger partial charge in [0, 0.05) is 6.08 Å². The number of β-amino-alcohol motifs (C(OH)–C–C–N with tert-alkyl or cyclic N) is 1. The summed E-state index contributed by atoms with van der Waals surface area (Å²) >= 11 is 1.68. The zero-order valence-corrected chi connectivity index (χ0v) is 13.1. The molecule has 1 heterocycles. The van der Waals surface area contributed by atoms with Crippen LogP contribution in [0.3, 0.4) is 0 Å². The number of benzene rings is 1. The molecule has 0 spiro atoms. The molecule has 7 nitrogen and oxygen atoms in total. The van der Waals surface area contributed by atoms with E-state index in [1.54, 1.807) is 22.6 Å². The van der Waals surface area contributed by atoms with Gasteiger partial charge in [-0.2, -0.15) is 0 Å². The van der Waals surface area contributed by atoms with Crippen LogP contribution in [-0.4, -0.2) is 46.0 Å². The van der Waals surface area contributed by atoms with Crippen LogP contribution in [0, 0.1) is 9.39 Å². The largest absolute Gasteiger partial charge is 0.478 e. The molecular formula is C13H10FIN2O5. The summed E-state index contributed by atoms with van der Waals surface area (Å²) in [6.07, 6.45) is 0.933. The molecule has 0 aromatic heterocycles. The summed E-state index contributed by atoms with van der Waals surface area (Å²) in [7, 11) is 0. The van der Waals surface area contributed by atoms with Crippen molar-refractivity contribution in [1.29, 1.82) is 0 Å². The molecular weight excluding hydrogens is 410 g/mol. The molecule has 0 saturated carbocycles. The van der Waals surface area contributed by atoms with E-state index in [4.69, 9.17) is 10.2 Å². The Balaban J connectivity index is 2.38. The lowest BCUT2D eigenvalue weighted by atomic mass is 10.1. The third-order valence-corrected chi connectivity index (χ3v) is 3.75. The summed E-state index contributed by atoms with van der Waals surface area (Å²) in [5.74, 6) is -3.62. The predicted molar refractivity (Wildman–Crippen MR) is 81.6 cm³/mol. The highest BCUT2D eigenvalue weighted by molar-refractivity contribution is 14.1. The average molecular weight is 420 g/mol. The molecule has 1 aromatic carbocycles. The van der Waals surface area contributed by atoms with Crippen LogP contribution in [0.1, 0.15) is 10.4 Å². The molecule has 0 unspecified atom stereocenters. The Bertz CT molecular complexity index is 704. The Labute approximate surface area is 137 Å². The molecule has 3 N–H and O–H groups in total. The van der Waals surface area contributed by atoms with Crippen molar-refractivity contribution in [2.75, 3.05) is 18.5 Å². The smallest absolute Gasteiger partial charge is 0.337 e. The maximum atomic E-state index is 14.1. The van der Waals surface area contributed by atoms with Crippen LogP contribution in [0.5, 0.6) is 0 Å². The van der Waals surface area contributed by atoms with E-state index in [0.29, 0.717) is 0 Å². The number of anilines is 1. The number of hydrogen-bond donors (Lipinski definition) is 3. The minimum atomic E-state index is -1.37. The van der Waals surface area contributed by atoms with Gasteiger partial charge in [-0.3, -0.25) is 14.5 Å². The molecule has 0 atom stereocenters. The number of halogens is 2. The standard InChI is InChI=1S/C13H10FIN2O5/c14-10-7(15)2-1-6(13(21)22)11(10)16-8-5-9(19)17(3-4-18)12(8)20/h1-2,5,16,18H,3-4H2,(H,21,22). The van der Waals surface area contributed by atoms with Crippen LogP contribution in [0.25, 0.3) is 0 Å². The molecule has 0 bridgehead atoms. The van der Waals surface area contributed by atoms with Gasteiger partial charge in [0.1, 0.15) is 5.70 Å². The highest BCUT2D eigenvalue weighted by atomic mass is 127. The first kappa shape index (κ1) is 16.4. The van der Waals surface area contributed by atoms with Crippen LogP contribution >= 0.6 is 22.6 Å². The van der Waals surface area contributed by atoms with Crippen molar-refractivity contribution < 1.29 is 29.0 Å². The summed E-state index contributed by atoms with van der Waals surface area (Å²) in [6, 6.07) is 2.49. The molecule has 1 aromatic rings. The number of aliphatic hydroxyl groups is 1. The number of nitrogens with zero attached hydrogens (tertiary/aromatic N) is 1. The molecule has 0 aliphatic carbocycles. The molecule has 116 valence electrons. The summed E-state index contributed by atoms with van der Waals surface area (Å²) in [5.41, 5.74) is -1.00. The number of nitrogens with one attached hydrogen (secondary N) is 1. The van der Waals surface area contributed by atoms with E-state index in [-0.39, 0.29) is 21.4 Å². The number of hydrogen-bond acceptors (Lipinski definition) is 5. The van der Waals surface area contributed by atoms with Crippen LogP contribution in [0.2, 0.25) is 0 Å². The molecule has 1 aliphatic rings. The van der Waals surface area contributed by atoms with E-state index in [1.165, 1.54) is 12.1 Å². The Morgan fingerprint density at radius 3 is 2.64 bits per heavy atom. The lowest BCUT2D eigenvalue weighted by Gasteiger charge is -2.15. The van der Waals surface area contributed by atoms with Crippen LogP contribution in [0.15, 0.2) is 23.9 Å². The minimum absolute atomic E-state index is 0.162. The molecule has 9 heteroatoms. The fourth-order valence-electron chi connectivity index (χ4n) is 1.90. The minimum Gasteiger partial charge on any atom is -0.478 e. The predicted octanol–water partition coefficient (Wildman–Crippen LogP) is 0.785. The first-order valence-corrected chi connectivity index (χ1v) is 7.11. The fraction of sp³-hybridized carbons (Fsp3) is 0.154. The second kappa shape index (κ2) is 6.40. The van der Waals surface area contributed by atoms with Gasteiger partial charge < -0.3 is 15.5 Å². The van der Waals surface area contributed by atoms with Gasteiger partial charge in [-0.1, -0.05) is 0 Å². The molecule has 1 aliphatic heterocycles. The molecule has 0 fully saturated rings. The first-order chi connectivity index (χ1) is 10.4. The zero-order valence-electron chi connectivity index (χ0n) is 11.0. The van der Waals surface area contributed by atoms with E-state index < -0.39 is 35.9 Å². The van der Waals surface area contributed by atoms with Crippen molar-refractivity contribution >= 4 is 46.1 Å². The van der Waals surface area contributed by atoms with E-state index >= 15 is 0 Å². The quantitative estimate of drug-likeness (QED) is 0.481. The second-order valence-corrected chi connectivity index (χ2v) is 5.45. The van der Waals surface area contributed by atoms with Gasteiger partial charge in [-0.05, 0) is 34.7 Å². The molecule has 2 rings (SSSR count). The maximum absolute atomic E-state index is 14.1. The summed E-state index contributed by atoms with van der Waals surface area (Å²) in [6.45, 7) is -0.601. The highest BCUT2D eigenvalue weighted by Crippen LogP contribution is 2.27. The Hall–Kier alpha value is -2.01. The SMILES string of the molecule is O=C(O)c1ccc(I)c(F)c1NC1=CC(=O)N(CCO)C1=O. The summed E-state index contributed by atoms with van der Waals surface area (Å²) in [4.78, 5) is 35.5. The number of amides is 2. The Morgan fingerprint density at radius 1 is 1.36 bits per heavy atom. The van der Waals surface area contributed by atoms with Gasteiger partial charge in [0.05, 0.1) is 28.0 Å². The first-order valence-electron chi connectivity index (χ1n) is 6.03. The van der Waals surface area contributed by atoms with E-state index in [0.717, 1.165) is 11.0 Å². The summed E-state index contributed by atoms with van der Waals surface area (Å²) < 4.78 is 14.3. The molecule has 0 saturated heterocycles. The lowest BCUT2D eigenvalue weighted by Crippen LogP contribution is -2.34. The molecule has 22 heavy (non-hydrogen) atoms. The summed E-state index contributed by atoms with van der Waals surface area (Å²) in [5, 5.41) is 20.3. The second-order valence-electron chi connectivity index (χ2n) is 4.29. The number of carboxylic acids is 1. The van der Waals surface area contributed by atoms with E-state index in [2.05, 4.69) is 5.32 Å². The number of aliphatic hydroxyl groups excluding tert-OH is 1. The molecule has 0 radical (unpaired) electrons. The fourth-order valence-corrected chi connectivity index (χ4v) is 2.35. The van der Waals surface area contributed by atoms with E-state index in [1.807, 2.05) is 0 Å². The number of carbonyl (C=O) groups excluding carboxylic acids is 2. The van der Waals surface area contributed by atoms with Crippen molar-refractivity contribution in [1.82, 2.24) is 4.90 Å². The third kappa shape index (κ3) is 2.95. The Morgan fingerprint density at radius 2 is 2.05 bits per heavy atom. The van der Waals surface area contributed by atoms with Crippen molar-refractivity contribution in [3.8, 4) is 0 Å². The van der Waals surface area contributed by atoms with Gasteiger partial charge in [0.15, 0.2) is 5.82 Å². The zero-order chi connectivity index (χ0) is 16.4. The van der Waals surface area contributed by atoms with Gasteiger partial charge in [0.2, 0.25) is 0 Å². The maximum Gasteiger partial charge on any atom is 0.337 e. The third-order valence-electron chi connectivity index (χ3n) is 2.92. The average Bonchev–Trinajstić information content (AvgIpc) is 2.72. The molecule has 2 amide bonds. The van der Waals surface area contributed by atoms with Crippen LogP contribution in [-0.2, 0) is 9.59 Å². The number of rotatable bonds is 5. The van der Waals surface area contributed by atoms with Gasteiger partial charge in [-0.15, -0.1) is 0 Å². The topological polar surface area (TPSA) is 107 Å².